The molecule has 2 aromatic heterocycles. The number of halogens is 2. The molecule has 2 N–H and O–H groups in total. The summed E-state index contributed by atoms with van der Waals surface area (Å²) < 4.78 is 31.7. The van der Waals surface area contributed by atoms with Gasteiger partial charge in [0.05, 0.1) is 23.9 Å². The van der Waals surface area contributed by atoms with E-state index in [1.807, 2.05) is 19.2 Å². The van der Waals surface area contributed by atoms with Crippen LogP contribution in [0.25, 0.3) is 17.1 Å². The Balaban J connectivity index is 1.31. The molecular weight excluding hydrogens is 462 g/mol. The van der Waals surface area contributed by atoms with E-state index < -0.39 is 11.6 Å². The van der Waals surface area contributed by atoms with Crippen molar-refractivity contribution in [3.8, 4) is 17.1 Å². The van der Waals surface area contributed by atoms with Gasteiger partial charge in [-0.3, -0.25) is 4.79 Å². The third kappa shape index (κ3) is 3.90. The number of carbonyl (C=O) groups excluding carboxylic acids is 1. The molecule has 1 unspecified atom stereocenters. The van der Waals surface area contributed by atoms with E-state index in [1.165, 1.54) is 0 Å². The van der Waals surface area contributed by atoms with Gasteiger partial charge in [0.2, 0.25) is 0 Å². The van der Waals surface area contributed by atoms with Crippen LogP contribution < -0.4 is 10.6 Å². The van der Waals surface area contributed by atoms with Crippen LogP contribution in [0.4, 0.5) is 20.3 Å². The number of benzene rings is 2. The normalized spacial score (nSPS) is 17.0. The van der Waals surface area contributed by atoms with Gasteiger partial charge in [0, 0.05) is 35.5 Å². The average Bonchev–Trinajstić information content (AvgIpc) is 3.61. The first-order valence-electron chi connectivity index (χ1n) is 11.9. The van der Waals surface area contributed by atoms with Crippen LogP contribution in [0.15, 0.2) is 49.1 Å². The third-order valence-corrected chi connectivity index (χ3v) is 6.89. The second kappa shape index (κ2) is 8.51. The van der Waals surface area contributed by atoms with Crippen LogP contribution in [-0.2, 0) is 0 Å². The number of anilines is 2. The molecule has 1 aliphatic heterocycles. The van der Waals surface area contributed by atoms with Gasteiger partial charge in [0.15, 0.2) is 23.3 Å². The van der Waals surface area contributed by atoms with Gasteiger partial charge in [0.25, 0.3) is 5.91 Å². The first-order chi connectivity index (χ1) is 17.4. The lowest BCUT2D eigenvalue weighted by molar-refractivity contribution is 0.0941. The first-order valence-corrected chi connectivity index (χ1v) is 11.9. The smallest absolute Gasteiger partial charge is 0.251 e. The molecule has 2 aliphatic rings. The zero-order chi connectivity index (χ0) is 25.0. The SMILES string of the molecule is Cc1c(-c2ncc(F)c(Nc3ccc4c(c3)C(C)CNC4=O)n2)ccc(-n2cnc(C3CC3)c2)c1F. The second-order valence-corrected chi connectivity index (χ2v) is 9.48. The maximum Gasteiger partial charge on any atom is 0.251 e. The van der Waals surface area contributed by atoms with Gasteiger partial charge in [-0.1, -0.05) is 6.92 Å². The second-order valence-electron chi connectivity index (χ2n) is 9.48. The number of nitrogens with one attached hydrogen (secondary N) is 2. The fourth-order valence-electron chi connectivity index (χ4n) is 4.60. The fraction of sp³-hybridized carbons (Fsp3) is 0.259. The molecule has 0 saturated heterocycles. The van der Waals surface area contributed by atoms with Crippen molar-refractivity contribution < 1.29 is 13.6 Å². The van der Waals surface area contributed by atoms with E-state index in [2.05, 4.69) is 25.6 Å². The van der Waals surface area contributed by atoms with Crippen LogP contribution in [0.5, 0.6) is 0 Å². The molecule has 3 heterocycles. The van der Waals surface area contributed by atoms with Gasteiger partial charge in [-0.05, 0) is 67.1 Å². The van der Waals surface area contributed by atoms with E-state index in [0.717, 1.165) is 30.3 Å². The monoisotopic (exact) mass is 486 g/mol. The molecule has 1 aliphatic carbocycles. The van der Waals surface area contributed by atoms with Crippen LogP contribution in [-0.4, -0.2) is 32.0 Å². The minimum Gasteiger partial charge on any atom is -0.351 e. The predicted octanol–water partition coefficient (Wildman–Crippen LogP) is 5.38. The molecular formula is C27H24F2N6O. The summed E-state index contributed by atoms with van der Waals surface area (Å²) in [4.78, 5) is 25.0. The minimum absolute atomic E-state index is 0.0274. The van der Waals surface area contributed by atoms with Crippen LogP contribution in [0.1, 0.15) is 58.8 Å². The Hall–Kier alpha value is -4.14. The van der Waals surface area contributed by atoms with Gasteiger partial charge in [-0.2, -0.15) is 0 Å². The largest absolute Gasteiger partial charge is 0.351 e. The highest BCUT2D eigenvalue weighted by molar-refractivity contribution is 5.97. The van der Waals surface area contributed by atoms with E-state index >= 15 is 4.39 Å². The van der Waals surface area contributed by atoms with E-state index in [0.29, 0.717) is 40.5 Å². The maximum atomic E-state index is 15.4. The summed E-state index contributed by atoms with van der Waals surface area (Å²) in [5, 5.41) is 5.84. The minimum atomic E-state index is -0.636. The van der Waals surface area contributed by atoms with E-state index in [4.69, 9.17) is 0 Å². The van der Waals surface area contributed by atoms with Crippen molar-refractivity contribution in [2.45, 2.75) is 38.5 Å². The average molecular weight is 487 g/mol. The van der Waals surface area contributed by atoms with Crippen molar-refractivity contribution in [1.29, 1.82) is 0 Å². The number of nitrogens with zero attached hydrogens (tertiary/aromatic N) is 4. The van der Waals surface area contributed by atoms with Gasteiger partial charge in [-0.25, -0.2) is 23.7 Å². The van der Waals surface area contributed by atoms with Gasteiger partial charge >= 0.3 is 0 Å². The van der Waals surface area contributed by atoms with Crippen molar-refractivity contribution in [1.82, 2.24) is 24.8 Å². The Morgan fingerprint density at radius 3 is 2.72 bits per heavy atom. The Morgan fingerprint density at radius 1 is 1.11 bits per heavy atom. The number of hydrogen-bond acceptors (Lipinski definition) is 5. The highest BCUT2D eigenvalue weighted by Gasteiger charge is 2.26. The summed E-state index contributed by atoms with van der Waals surface area (Å²) in [6, 6.07) is 8.65. The number of amides is 1. The molecule has 6 rings (SSSR count). The summed E-state index contributed by atoms with van der Waals surface area (Å²) in [6.07, 6.45) is 6.81. The number of imidazole rings is 1. The van der Waals surface area contributed by atoms with Crippen molar-refractivity contribution in [3.63, 3.8) is 0 Å². The molecule has 9 heteroatoms. The number of aromatic nitrogens is 4. The third-order valence-electron chi connectivity index (χ3n) is 6.89. The van der Waals surface area contributed by atoms with Gasteiger partial charge in [0.1, 0.15) is 0 Å². The van der Waals surface area contributed by atoms with Crippen LogP contribution >= 0.6 is 0 Å². The highest BCUT2D eigenvalue weighted by Crippen LogP contribution is 2.39. The number of rotatable bonds is 5. The quantitative estimate of drug-likeness (QED) is 0.396. The zero-order valence-corrected chi connectivity index (χ0v) is 19.8. The molecule has 182 valence electrons. The van der Waals surface area contributed by atoms with Crippen molar-refractivity contribution >= 4 is 17.4 Å². The summed E-state index contributed by atoms with van der Waals surface area (Å²) >= 11 is 0. The number of hydrogen-bond donors (Lipinski definition) is 2. The predicted molar refractivity (Wildman–Crippen MR) is 132 cm³/mol. The molecule has 4 aromatic rings. The van der Waals surface area contributed by atoms with Crippen LogP contribution in [0, 0.1) is 18.6 Å². The van der Waals surface area contributed by atoms with Gasteiger partial charge < -0.3 is 15.2 Å². The molecule has 2 aromatic carbocycles. The molecule has 1 fully saturated rings. The van der Waals surface area contributed by atoms with Crippen molar-refractivity contribution in [2.75, 3.05) is 11.9 Å². The Kier molecular flexibility index (Phi) is 5.28. The summed E-state index contributed by atoms with van der Waals surface area (Å²) in [5.41, 5.74) is 4.29. The lowest BCUT2D eigenvalue weighted by Crippen LogP contribution is -2.33. The molecule has 36 heavy (non-hydrogen) atoms. The van der Waals surface area contributed by atoms with Gasteiger partial charge in [-0.15, -0.1) is 0 Å². The molecule has 7 nitrogen and oxygen atoms in total. The van der Waals surface area contributed by atoms with Crippen molar-refractivity contribution in [2.24, 2.45) is 0 Å². The molecule has 0 bridgehead atoms. The van der Waals surface area contributed by atoms with Crippen molar-refractivity contribution in [3.05, 3.63) is 83.1 Å². The van der Waals surface area contributed by atoms with Crippen LogP contribution in [0.2, 0.25) is 0 Å². The van der Waals surface area contributed by atoms with E-state index in [1.54, 1.807) is 42.1 Å². The zero-order valence-electron chi connectivity index (χ0n) is 19.8. The summed E-state index contributed by atoms with van der Waals surface area (Å²) in [7, 11) is 0. The lowest BCUT2D eigenvalue weighted by atomic mass is 9.91. The molecule has 1 saturated carbocycles. The highest BCUT2D eigenvalue weighted by atomic mass is 19.1. The number of fused-ring (bicyclic) bond motifs is 1. The number of carbonyl (C=O) groups is 1. The molecule has 0 radical (unpaired) electrons. The standard InChI is InChI=1S/C27H24F2N6O/c1-14-10-31-27(36)19-6-5-17(9-20(14)19)33-26-21(28)11-30-25(34-26)18-7-8-23(24(29)15(18)2)35-12-22(32-13-35)16-3-4-16/h5-9,11-14,16H,3-4,10H2,1-2H3,(H,31,36)(H,30,33,34). The lowest BCUT2D eigenvalue weighted by Gasteiger charge is -2.23. The Labute approximate surface area is 206 Å². The summed E-state index contributed by atoms with van der Waals surface area (Å²) in [6.45, 7) is 4.22. The maximum absolute atomic E-state index is 15.4. The van der Waals surface area contributed by atoms with E-state index in [9.17, 15) is 9.18 Å². The Morgan fingerprint density at radius 2 is 1.92 bits per heavy atom. The van der Waals surface area contributed by atoms with Crippen LogP contribution in [0.3, 0.4) is 0 Å². The summed E-state index contributed by atoms with van der Waals surface area (Å²) in [5.74, 6) is -0.378. The molecule has 1 atom stereocenters. The molecule has 1 amide bonds. The molecule has 0 spiro atoms. The topological polar surface area (TPSA) is 84.7 Å². The Bertz CT molecular complexity index is 1510. The van der Waals surface area contributed by atoms with E-state index in [-0.39, 0.29) is 23.5 Å². The fourth-order valence-corrected chi connectivity index (χ4v) is 4.60. The first kappa shape index (κ1) is 22.3.